The lowest BCUT2D eigenvalue weighted by Crippen LogP contribution is -2.50. The number of carbonyl (C=O) groups excluding carboxylic acids is 1. The molecule has 174 valence electrons. The van der Waals surface area contributed by atoms with E-state index in [2.05, 4.69) is 10.2 Å². The van der Waals surface area contributed by atoms with Crippen molar-refractivity contribution in [1.82, 2.24) is 15.1 Å². The van der Waals surface area contributed by atoms with Crippen LogP contribution in [0.1, 0.15) is 32.0 Å². The third kappa shape index (κ3) is 6.21. The van der Waals surface area contributed by atoms with Crippen molar-refractivity contribution in [1.29, 1.82) is 0 Å². The summed E-state index contributed by atoms with van der Waals surface area (Å²) in [5.74, 6) is -0.722. The molecular weight excluding hydrogens is 432 g/mol. The van der Waals surface area contributed by atoms with Crippen molar-refractivity contribution >= 4 is 11.9 Å². The van der Waals surface area contributed by atoms with Gasteiger partial charge in [0, 0.05) is 32.2 Å². The van der Waals surface area contributed by atoms with Crippen molar-refractivity contribution < 1.29 is 31.8 Å². The first-order valence-corrected chi connectivity index (χ1v) is 9.97. The van der Waals surface area contributed by atoms with Crippen molar-refractivity contribution in [3.05, 3.63) is 47.4 Å². The highest BCUT2D eigenvalue weighted by Crippen LogP contribution is 2.36. The molecule has 32 heavy (non-hydrogen) atoms. The summed E-state index contributed by atoms with van der Waals surface area (Å²) in [5, 5.41) is 7.06. The minimum absolute atomic E-state index is 0.194. The molecule has 0 aliphatic carbocycles. The summed E-state index contributed by atoms with van der Waals surface area (Å²) < 4.78 is 63.9. The predicted molar refractivity (Wildman–Crippen MR) is 108 cm³/mol. The molecule has 1 amide bonds. The average Bonchev–Trinajstić information content (AvgIpc) is 2.71. The third-order valence-corrected chi connectivity index (χ3v) is 4.58. The Balaban J connectivity index is 1.71. The topological polar surface area (TPSA) is 67.8 Å². The van der Waals surface area contributed by atoms with Gasteiger partial charge >= 0.3 is 12.3 Å². The summed E-state index contributed by atoms with van der Waals surface area (Å²) in [4.78, 5) is 15.4. The number of hydrogen-bond acceptors (Lipinski definition) is 6. The highest BCUT2D eigenvalue weighted by Gasteiger charge is 2.38. The van der Waals surface area contributed by atoms with Gasteiger partial charge in [0.25, 0.3) is 0 Å². The van der Waals surface area contributed by atoms with Gasteiger partial charge < -0.3 is 19.3 Å². The van der Waals surface area contributed by atoms with Gasteiger partial charge in [-0.3, -0.25) is 0 Å². The van der Waals surface area contributed by atoms with Crippen LogP contribution < -0.4 is 9.64 Å². The molecule has 2 aromatic rings. The fraction of sp³-hybridized carbons (Fsp3) is 0.476. The maximum atomic E-state index is 13.4. The molecule has 1 fully saturated rings. The number of halogens is 4. The maximum absolute atomic E-state index is 13.4. The molecule has 1 saturated heterocycles. The molecule has 0 radical (unpaired) electrons. The van der Waals surface area contributed by atoms with Gasteiger partial charge in [-0.1, -0.05) is 12.1 Å². The Kier molecular flexibility index (Phi) is 6.75. The van der Waals surface area contributed by atoms with Crippen LogP contribution >= 0.6 is 0 Å². The highest BCUT2D eigenvalue weighted by molar-refractivity contribution is 5.68. The number of aromatic nitrogens is 2. The fourth-order valence-electron chi connectivity index (χ4n) is 3.01. The second-order valence-corrected chi connectivity index (χ2v) is 8.28. The van der Waals surface area contributed by atoms with E-state index in [1.807, 2.05) is 0 Å². The maximum Gasteiger partial charge on any atom is 0.438 e. The van der Waals surface area contributed by atoms with Crippen LogP contribution in [0.2, 0.25) is 0 Å². The molecule has 0 saturated carbocycles. The third-order valence-electron chi connectivity index (χ3n) is 4.58. The lowest BCUT2D eigenvalue weighted by molar-refractivity contribution is -0.143. The Morgan fingerprint density at radius 3 is 2.22 bits per heavy atom. The first kappa shape index (κ1) is 23.6. The monoisotopic (exact) mass is 456 g/mol. The van der Waals surface area contributed by atoms with Gasteiger partial charge in [-0.15, -0.1) is 10.2 Å². The number of carbonyl (C=O) groups is 1. The molecule has 1 aromatic carbocycles. The molecule has 1 aliphatic heterocycles. The number of ether oxygens (including phenoxy) is 2. The van der Waals surface area contributed by atoms with Gasteiger partial charge in [0.05, 0.1) is 0 Å². The molecule has 7 nitrogen and oxygen atoms in total. The molecule has 1 aromatic heterocycles. The Bertz CT molecular complexity index is 938. The zero-order valence-corrected chi connectivity index (χ0v) is 17.9. The lowest BCUT2D eigenvalue weighted by Gasteiger charge is -2.36. The summed E-state index contributed by atoms with van der Waals surface area (Å²) in [5.41, 5.74) is -1.36. The molecule has 0 unspecified atom stereocenters. The Morgan fingerprint density at radius 2 is 1.66 bits per heavy atom. The lowest BCUT2D eigenvalue weighted by atomic mass is 10.2. The minimum Gasteiger partial charge on any atom is -0.486 e. The summed E-state index contributed by atoms with van der Waals surface area (Å²) in [6.07, 6.45) is -5.20. The van der Waals surface area contributed by atoms with Gasteiger partial charge in [-0.2, -0.15) is 13.2 Å². The van der Waals surface area contributed by atoms with E-state index in [0.717, 1.165) is 0 Å². The molecule has 2 heterocycles. The Hall–Kier alpha value is -3.11. The summed E-state index contributed by atoms with van der Waals surface area (Å²) >= 11 is 0. The SMILES string of the molecule is CC(C)(C)OC(=O)N1CCN(c2cc(OCc3ccc(F)cc3)c(C(F)(F)F)nn2)CC1. The standard InChI is InChI=1S/C21H24F4N4O3/c1-20(2,3)32-19(30)29-10-8-28(9-11-29)17-12-16(18(27-26-17)21(23,24)25)31-13-14-4-6-15(22)7-5-14/h4-7,12H,8-11,13H2,1-3H3. The summed E-state index contributed by atoms with van der Waals surface area (Å²) in [6.45, 7) is 6.45. The van der Waals surface area contributed by atoms with Crippen molar-refractivity contribution in [3.63, 3.8) is 0 Å². The normalized spacial score (nSPS) is 15.0. The van der Waals surface area contributed by atoms with Crippen LogP contribution in [0.5, 0.6) is 5.75 Å². The van der Waals surface area contributed by atoms with Crippen LogP contribution in [0.3, 0.4) is 0 Å². The number of amides is 1. The Labute approximate surface area is 182 Å². The van der Waals surface area contributed by atoms with Crippen LogP contribution in [0.4, 0.5) is 28.2 Å². The van der Waals surface area contributed by atoms with Crippen LogP contribution in [-0.4, -0.2) is 53.0 Å². The van der Waals surface area contributed by atoms with Crippen LogP contribution in [0, 0.1) is 5.82 Å². The molecule has 0 atom stereocenters. The molecule has 0 bridgehead atoms. The highest BCUT2D eigenvalue weighted by atomic mass is 19.4. The number of hydrogen-bond donors (Lipinski definition) is 0. The quantitative estimate of drug-likeness (QED) is 0.641. The predicted octanol–water partition coefficient (Wildman–Crippen LogP) is 4.27. The first-order chi connectivity index (χ1) is 14.9. The average molecular weight is 456 g/mol. The first-order valence-electron chi connectivity index (χ1n) is 9.97. The number of alkyl halides is 3. The molecular formula is C21H24F4N4O3. The van der Waals surface area contributed by atoms with Crippen molar-refractivity contribution in [2.45, 2.75) is 39.2 Å². The van der Waals surface area contributed by atoms with Gasteiger partial charge in [-0.25, -0.2) is 9.18 Å². The number of benzene rings is 1. The van der Waals surface area contributed by atoms with Gasteiger partial charge in [0.1, 0.15) is 18.0 Å². The molecule has 11 heteroatoms. The zero-order chi connectivity index (χ0) is 23.5. The number of anilines is 1. The second-order valence-electron chi connectivity index (χ2n) is 8.28. The molecule has 1 aliphatic rings. The smallest absolute Gasteiger partial charge is 0.438 e. The minimum atomic E-state index is -4.75. The van der Waals surface area contributed by atoms with Gasteiger partial charge in [0.2, 0.25) is 5.69 Å². The molecule has 3 rings (SSSR count). The van der Waals surface area contributed by atoms with E-state index in [-0.39, 0.29) is 12.4 Å². The van der Waals surface area contributed by atoms with E-state index in [0.29, 0.717) is 31.7 Å². The van der Waals surface area contributed by atoms with Crippen LogP contribution in [0.25, 0.3) is 0 Å². The molecule has 0 N–H and O–H groups in total. The van der Waals surface area contributed by atoms with Crippen LogP contribution in [-0.2, 0) is 17.5 Å². The summed E-state index contributed by atoms with van der Waals surface area (Å²) in [6, 6.07) is 6.43. The van der Waals surface area contributed by atoms with Crippen molar-refractivity contribution in [3.8, 4) is 5.75 Å². The summed E-state index contributed by atoms with van der Waals surface area (Å²) in [7, 11) is 0. The largest absolute Gasteiger partial charge is 0.486 e. The van der Waals surface area contributed by atoms with Crippen molar-refractivity contribution in [2.24, 2.45) is 0 Å². The van der Waals surface area contributed by atoms with Crippen LogP contribution in [0.15, 0.2) is 30.3 Å². The van der Waals surface area contributed by atoms with E-state index in [9.17, 15) is 22.4 Å². The van der Waals surface area contributed by atoms with E-state index < -0.39 is 35.1 Å². The fourth-order valence-corrected chi connectivity index (χ4v) is 3.01. The zero-order valence-electron chi connectivity index (χ0n) is 17.9. The van der Waals surface area contributed by atoms with Crippen molar-refractivity contribution in [2.75, 3.05) is 31.1 Å². The Morgan fingerprint density at radius 1 is 1.03 bits per heavy atom. The van der Waals surface area contributed by atoms with E-state index in [1.54, 1.807) is 25.7 Å². The van der Waals surface area contributed by atoms with E-state index >= 15 is 0 Å². The van der Waals surface area contributed by atoms with Gasteiger partial charge in [0.15, 0.2) is 11.6 Å². The van der Waals surface area contributed by atoms with Gasteiger partial charge in [-0.05, 0) is 38.5 Å². The van der Waals surface area contributed by atoms with E-state index in [1.165, 1.54) is 35.2 Å². The number of piperazine rings is 1. The second kappa shape index (κ2) is 9.17. The molecule has 0 spiro atoms. The van der Waals surface area contributed by atoms with E-state index in [4.69, 9.17) is 9.47 Å². The number of rotatable bonds is 4. The number of nitrogens with zero attached hydrogens (tertiary/aromatic N) is 4.